The summed E-state index contributed by atoms with van der Waals surface area (Å²) in [7, 11) is 3.94. The predicted octanol–water partition coefficient (Wildman–Crippen LogP) is -0.339. The summed E-state index contributed by atoms with van der Waals surface area (Å²) < 4.78 is 0. The number of hydrogen-bond acceptors (Lipinski definition) is 3. The molecule has 1 saturated carbocycles. The monoisotopic (exact) mass is 158 g/mol. The molecule has 1 atom stereocenters. The zero-order valence-electron chi connectivity index (χ0n) is 7.38. The molecular formula is C8H18N2O. The summed E-state index contributed by atoms with van der Waals surface area (Å²) in [5, 5.41) is 12.3. The second-order valence-electron chi connectivity index (χ2n) is 3.38. The van der Waals surface area contributed by atoms with E-state index in [1.165, 1.54) is 12.8 Å². The maximum atomic E-state index is 9.39. The molecule has 0 aromatic rings. The third-order valence-electron chi connectivity index (χ3n) is 2.11. The number of hydrogen-bond donors (Lipinski definition) is 2. The fourth-order valence-corrected chi connectivity index (χ4v) is 1.30. The number of aliphatic hydroxyl groups excluding tert-OH is 1. The number of nitrogens with zero attached hydrogens (tertiary/aromatic N) is 1. The third-order valence-corrected chi connectivity index (χ3v) is 2.11. The van der Waals surface area contributed by atoms with E-state index in [0.29, 0.717) is 6.54 Å². The van der Waals surface area contributed by atoms with Crippen LogP contribution in [0.3, 0.4) is 0 Å². The van der Waals surface area contributed by atoms with Crippen molar-refractivity contribution in [2.45, 2.75) is 25.0 Å². The molecule has 0 radical (unpaired) electrons. The molecular weight excluding hydrogens is 140 g/mol. The predicted molar refractivity (Wildman–Crippen MR) is 45.6 cm³/mol. The van der Waals surface area contributed by atoms with E-state index in [1.54, 1.807) is 0 Å². The SMILES string of the molecule is CNCC(O)CN(C)C1CC1. The Labute approximate surface area is 68.4 Å². The van der Waals surface area contributed by atoms with E-state index in [2.05, 4.69) is 17.3 Å². The summed E-state index contributed by atoms with van der Waals surface area (Å²) >= 11 is 0. The summed E-state index contributed by atoms with van der Waals surface area (Å²) in [6, 6.07) is 0.751. The molecule has 2 N–H and O–H groups in total. The molecule has 1 aliphatic rings. The van der Waals surface area contributed by atoms with Crippen molar-refractivity contribution in [1.82, 2.24) is 10.2 Å². The van der Waals surface area contributed by atoms with Crippen LogP contribution < -0.4 is 5.32 Å². The van der Waals surface area contributed by atoms with E-state index in [4.69, 9.17) is 0 Å². The fraction of sp³-hybridized carbons (Fsp3) is 1.00. The molecule has 0 spiro atoms. The molecule has 0 aromatic heterocycles. The smallest absolute Gasteiger partial charge is 0.0791 e. The van der Waals surface area contributed by atoms with Crippen molar-refractivity contribution < 1.29 is 5.11 Å². The first-order valence-electron chi connectivity index (χ1n) is 4.27. The van der Waals surface area contributed by atoms with Gasteiger partial charge in [-0.1, -0.05) is 0 Å². The summed E-state index contributed by atoms with van der Waals surface area (Å²) in [5.74, 6) is 0. The van der Waals surface area contributed by atoms with Gasteiger partial charge in [-0.05, 0) is 26.9 Å². The molecule has 1 rings (SSSR count). The summed E-state index contributed by atoms with van der Waals surface area (Å²) in [6.45, 7) is 1.49. The van der Waals surface area contributed by atoms with Crippen LogP contribution in [0, 0.1) is 0 Å². The van der Waals surface area contributed by atoms with Crippen LogP contribution in [0.25, 0.3) is 0 Å². The topological polar surface area (TPSA) is 35.5 Å². The first-order valence-corrected chi connectivity index (χ1v) is 4.27. The Morgan fingerprint density at radius 2 is 2.27 bits per heavy atom. The molecule has 0 amide bonds. The van der Waals surface area contributed by atoms with Gasteiger partial charge < -0.3 is 15.3 Å². The molecule has 0 aromatic carbocycles. The molecule has 11 heavy (non-hydrogen) atoms. The lowest BCUT2D eigenvalue weighted by atomic mass is 10.3. The number of likely N-dealkylation sites (N-methyl/N-ethyl adjacent to an activating group) is 2. The Balaban J connectivity index is 2.07. The van der Waals surface area contributed by atoms with Gasteiger partial charge in [0, 0.05) is 19.1 Å². The van der Waals surface area contributed by atoms with Gasteiger partial charge in [0.1, 0.15) is 0 Å². The molecule has 3 heteroatoms. The molecule has 0 heterocycles. The van der Waals surface area contributed by atoms with Crippen LogP contribution in [-0.4, -0.2) is 49.3 Å². The zero-order valence-corrected chi connectivity index (χ0v) is 7.38. The quantitative estimate of drug-likeness (QED) is 0.574. The van der Waals surface area contributed by atoms with Crippen LogP contribution >= 0.6 is 0 Å². The highest BCUT2D eigenvalue weighted by molar-refractivity contribution is 4.83. The normalized spacial score (nSPS) is 20.7. The minimum atomic E-state index is -0.217. The second kappa shape index (κ2) is 4.04. The van der Waals surface area contributed by atoms with Gasteiger partial charge in [-0.2, -0.15) is 0 Å². The lowest BCUT2D eigenvalue weighted by Gasteiger charge is -2.19. The number of rotatable bonds is 5. The summed E-state index contributed by atoms with van der Waals surface area (Å²) in [4.78, 5) is 2.24. The van der Waals surface area contributed by atoms with Crippen LogP contribution in [0.5, 0.6) is 0 Å². The number of nitrogens with one attached hydrogen (secondary N) is 1. The van der Waals surface area contributed by atoms with E-state index in [9.17, 15) is 5.11 Å². The minimum absolute atomic E-state index is 0.217. The van der Waals surface area contributed by atoms with Crippen molar-refractivity contribution in [2.24, 2.45) is 0 Å². The van der Waals surface area contributed by atoms with Crippen molar-refractivity contribution in [3.8, 4) is 0 Å². The molecule has 1 fully saturated rings. The highest BCUT2D eigenvalue weighted by Gasteiger charge is 2.26. The standard InChI is InChI=1S/C8H18N2O/c1-9-5-8(11)6-10(2)7-3-4-7/h7-9,11H,3-6H2,1-2H3. The van der Waals surface area contributed by atoms with E-state index in [0.717, 1.165) is 12.6 Å². The van der Waals surface area contributed by atoms with Gasteiger partial charge in [0.2, 0.25) is 0 Å². The Morgan fingerprint density at radius 1 is 1.64 bits per heavy atom. The van der Waals surface area contributed by atoms with Gasteiger partial charge in [-0.15, -0.1) is 0 Å². The molecule has 0 aliphatic heterocycles. The van der Waals surface area contributed by atoms with Crippen molar-refractivity contribution in [3.63, 3.8) is 0 Å². The molecule has 1 aliphatic carbocycles. The third kappa shape index (κ3) is 3.18. The first-order chi connectivity index (χ1) is 5.24. The highest BCUT2D eigenvalue weighted by Crippen LogP contribution is 2.25. The van der Waals surface area contributed by atoms with Crippen LogP contribution in [0.4, 0.5) is 0 Å². The number of aliphatic hydroxyl groups is 1. The van der Waals surface area contributed by atoms with Crippen LogP contribution in [-0.2, 0) is 0 Å². The van der Waals surface area contributed by atoms with Crippen LogP contribution in [0.2, 0.25) is 0 Å². The van der Waals surface area contributed by atoms with Crippen LogP contribution in [0.15, 0.2) is 0 Å². The Morgan fingerprint density at radius 3 is 2.73 bits per heavy atom. The van der Waals surface area contributed by atoms with E-state index in [1.807, 2.05) is 7.05 Å². The highest BCUT2D eigenvalue weighted by atomic mass is 16.3. The average Bonchev–Trinajstić information content (AvgIpc) is 2.67. The Hall–Kier alpha value is -0.120. The average molecular weight is 158 g/mol. The largest absolute Gasteiger partial charge is 0.390 e. The van der Waals surface area contributed by atoms with E-state index in [-0.39, 0.29) is 6.10 Å². The Kier molecular flexibility index (Phi) is 3.30. The van der Waals surface area contributed by atoms with Crippen molar-refractivity contribution >= 4 is 0 Å². The molecule has 0 saturated heterocycles. The maximum absolute atomic E-state index is 9.39. The lowest BCUT2D eigenvalue weighted by Crippen LogP contribution is -2.36. The molecule has 0 bridgehead atoms. The van der Waals surface area contributed by atoms with Gasteiger partial charge >= 0.3 is 0 Å². The fourth-order valence-electron chi connectivity index (χ4n) is 1.30. The molecule has 66 valence electrons. The lowest BCUT2D eigenvalue weighted by molar-refractivity contribution is 0.123. The minimum Gasteiger partial charge on any atom is -0.390 e. The Bertz CT molecular complexity index is 115. The van der Waals surface area contributed by atoms with Gasteiger partial charge in [-0.25, -0.2) is 0 Å². The summed E-state index contributed by atoms with van der Waals surface area (Å²) in [5.41, 5.74) is 0. The van der Waals surface area contributed by atoms with E-state index >= 15 is 0 Å². The van der Waals surface area contributed by atoms with Crippen molar-refractivity contribution in [1.29, 1.82) is 0 Å². The molecule has 1 unspecified atom stereocenters. The zero-order chi connectivity index (χ0) is 8.27. The van der Waals surface area contributed by atoms with Gasteiger partial charge in [0.15, 0.2) is 0 Å². The maximum Gasteiger partial charge on any atom is 0.0791 e. The molecule has 3 nitrogen and oxygen atoms in total. The first kappa shape index (κ1) is 8.97. The van der Waals surface area contributed by atoms with E-state index < -0.39 is 0 Å². The van der Waals surface area contributed by atoms with Gasteiger partial charge in [-0.3, -0.25) is 0 Å². The van der Waals surface area contributed by atoms with Gasteiger partial charge in [0.05, 0.1) is 6.10 Å². The van der Waals surface area contributed by atoms with Crippen molar-refractivity contribution in [3.05, 3.63) is 0 Å². The van der Waals surface area contributed by atoms with Crippen LogP contribution in [0.1, 0.15) is 12.8 Å². The van der Waals surface area contributed by atoms with Gasteiger partial charge in [0.25, 0.3) is 0 Å². The summed E-state index contributed by atoms with van der Waals surface area (Å²) in [6.07, 6.45) is 2.40. The second-order valence-corrected chi connectivity index (χ2v) is 3.38. The van der Waals surface area contributed by atoms with Crippen molar-refractivity contribution in [2.75, 3.05) is 27.2 Å².